The Kier molecular flexibility index (Phi) is 4.01. The average Bonchev–Trinajstić information content (AvgIpc) is 2.16. The first-order chi connectivity index (χ1) is 6.57. The number of rotatable bonds is 3. The zero-order valence-electron chi connectivity index (χ0n) is 7.95. The lowest BCUT2D eigenvalue weighted by molar-refractivity contribution is -0.138. The van der Waals surface area contributed by atoms with Crippen LogP contribution in [0.1, 0.15) is 18.4 Å². The highest BCUT2D eigenvalue weighted by Crippen LogP contribution is 2.33. The van der Waals surface area contributed by atoms with E-state index in [-0.39, 0.29) is 0 Å². The van der Waals surface area contributed by atoms with Gasteiger partial charge < -0.3 is 5.11 Å². The minimum Gasteiger partial charge on any atom is -0.481 e. The van der Waals surface area contributed by atoms with Crippen LogP contribution in [0.4, 0.5) is 0 Å². The highest BCUT2D eigenvalue weighted by molar-refractivity contribution is 9.10. The van der Waals surface area contributed by atoms with Crippen molar-refractivity contribution < 1.29 is 9.90 Å². The predicted octanol–water partition coefficient (Wildman–Crippen LogP) is 3.36. The summed E-state index contributed by atoms with van der Waals surface area (Å²) in [4.78, 5) is 11.9. The molecule has 0 spiro atoms. The molecule has 1 aromatic rings. The van der Waals surface area contributed by atoms with Crippen LogP contribution in [-0.4, -0.2) is 17.3 Å². The fourth-order valence-corrected chi connectivity index (χ4v) is 2.80. The SMILES string of the molecule is CSc1cccc(Br)c1C(C)C(=O)O. The quantitative estimate of drug-likeness (QED) is 0.859. The van der Waals surface area contributed by atoms with Gasteiger partial charge in [-0.2, -0.15) is 0 Å². The molecule has 0 aliphatic heterocycles. The zero-order chi connectivity index (χ0) is 10.7. The smallest absolute Gasteiger partial charge is 0.310 e. The molecule has 1 N–H and O–H groups in total. The van der Waals surface area contributed by atoms with Crippen molar-refractivity contribution in [3.8, 4) is 0 Å². The van der Waals surface area contributed by atoms with E-state index in [1.165, 1.54) is 0 Å². The highest BCUT2D eigenvalue weighted by Gasteiger charge is 2.19. The summed E-state index contributed by atoms with van der Waals surface area (Å²) in [5, 5.41) is 8.95. The van der Waals surface area contributed by atoms with Gasteiger partial charge in [-0.05, 0) is 30.9 Å². The van der Waals surface area contributed by atoms with Crippen LogP contribution >= 0.6 is 27.7 Å². The van der Waals surface area contributed by atoms with E-state index in [9.17, 15) is 4.79 Å². The molecule has 1 unspecified atom stereocenters. The maximum absolute atomic E-state index is 10.9. The monoisotopic (exact) mass is 274 g/mol. The molecule has 0 heterocycles. The Labute approximate surface area is 95.8 Å². The van der Waals surface area contributed by atoms with Crippen molar-refractivity contribution in [3.63, 3.8) is 0 Å². The minimum atomic E-state index is -0.799. The molecule has 0 radical (unpaired) electrons. The van der Waals surface area contributed by atoms with Gasteiger partial charge in [0.05, 0.1) is 5.92 Å². The molecule has 0 amide bonds. The number of carbonyl (C=O) groups is 1. The number of carboxylic acids is 1. The number of benzene rings is 1. The Balaban J connectivity index is 3.23. The molecular formula is C10H11BrO2S. The van der Waals surface area contributed by atoms with E-state index in [0.717, 1.165) is 14.9 Å². The summed E-state index contributed by atoms with van der Waals surface area (Å²) in [5.74, 6) is -1.28. The maximum Gasteiger partial charge on any atom is 0.310 e. The van der Waals surface area contributed by atoms with E-state index in [2.05, 4.69) is 15.9 Å². The molecule has 0 aliphatic rings. The molecule has 0 saturated heterocycles. The standard InChI is InChI=1S/C10H11BrO2S/c1-6(10(12)13)9-7(11)4-3-5-8(9)14-2/h3-6H,1-2H3,(H,12,13). The zero-order valence-corrected chi connectivity index (χ0v) is 10.4. The molecule has 14 heavy (non-hydrogen) atoms. The first-order valence-corrected chi connectivity index (χ1v) is 6.15. The summed E-state index contributed by atoms with van der Waals surface area (Å²) in [6, 6.07) is 5.71. The van der Waals surface area contributed by atoms with Crippen molar-refractivity contribution in [2.24, 2.45) is 0 Å². The van der Waals surface area contributed by atoms with Crippen LogP contribution in [0.15, 0.2) is 27.6 Å². The van der Waals surface area contributed by atoms with Gasteiger partial charge in [-0.3, -0.25) is 4.79 Å². The second-order valence-corrected chi connectivity index (χ2v) is 4.62. The molecule has 0 aromatic heterocycles. The summed E-state index contributed by atoms with van der Waals surface area (Å²) in [6.45, 7) is 1.70. The summed E-state index contributed by atoms with van der Waals surface area (Å²) >= 11 is 4.94. The average molecular weight is 275 g/mol. The second-order valence-electron chi connectivity index (χ2n) is 2.92. The van der Waals surface area contributed by atoms with Crippen LogP contribution in [-0.2, 0) is 4.79 Å². The van der Waals surface area contributed by atoms with Crippen molar-refractivity contribution >= 4 is 33.7 Å². The largest absolute Gasteiger partial charge is 0.481 e. The van der Waals surface area contributed by atoms with E-state index >= 15 is 0 Å². The van der Waals surface area contributed by atoms with Crippen molar-refractivity contribution in [3.05, 3.63) is 28.2 Å². The third-order valence-corrected chi connectivity index (χ3v) is 3.52. The van der Waals surface area contributed by atoms with E-state index in [0.29, 0.717) is 0 Å². The Morgan fingerprint density at radius 2 is 2.21 bits per heavy atom. The van der Waals surface area contributed by atoms with Crippen molar-refractivity contribution in [1.82, 2.24) is 0 Å². The van der Waals surface area contributed by atoms with E-state index in [1.807, 2.05) is 24.5 Å². The maximum atomic E-state index is 10.9. The highest BCUT2D eigenvalue weighted by atomic mass is 79.9. The van der Waals surface area contributed by atoms with Crippen LogP contribution in [0, 0.1) is 0 Å². The molecule has 76 valence electrons. The van der Waals surface area contributed by atoms with E-state index in [4.69, 9.17) is 5.11 Å². The van der Waals surface area contributed by atoms with Crippen LogP contribution in [0.5, 0.6) is 0 Å². The molecule has 2 nitrogen and oxygen atoms in total. The molecule has 1 rings (SSSR count). The summed E-state index contributed by atoms with van der Waals surface area (Å²) in [5.41, 5.74) is 0.854. The minimum absolute atomic E-state index is 0.479. The Bertz CT molecular complexity index is 352. The normalized spacial score (nSPS) is 12.5. The third-order valence-electron chi connectivity index (χ3n) is 2.04. The van der Waals surface area contributed by atoms with Gasteiger partial charge in [0.1, 0.15) is 0 Å². The van der Waals surface area contributed by atoms with Crippen LogP contribution < -0.4 is 0 Å². The summed E-state index contributed by atoms with van der Waals surface area (Å²) in [7, 11) is 0. The third kappa shape index (κ3) is 2.30. The van der Waals surface area contributed by atoms with Gasteiger partial charge in [0.25, 0.3) is 0 Å². The molecule has 1 atom stereocenters. The Morgan fingerprint density at radius 1 is 1.57 bits per heavy atom. The lowest BCUT2D eigenvalue weighted by Crippen LogP contribution is -2.09. The van der Waals surface area contributed by atoms with Gasteiger partial charge >= 0.3 is 5.97 Å². The van der Waals surface area contributed by atoms with Crippen LogP contribution in [0.25, 0.3) is 0 Å². The van der Waals surface area contributed by atoms with Gasteiger partial charge in [0, 0.05) is 9.37 Å². The fraction of sp³-hybridized carbons (Fsp3) is 0.300. The number of hydrogen-bond acceptors (Lipinski definition) is 2. The van der Waals surface area contributed by atoms with Gasteiger partial charge in [-0.25, -0.2) is 0 Å². The molecule has 1 aromatic carbocycles. The van der Waals surface area contributed by atoms with Gasteiger partial charge in [0.15, 0.2) is 0 Å². The first-order valence-electron chi connectivity index (χ1n) is 4.13. The number of halogens is 1. The van der Waals surface area contributed by atoms with Crippen molar-refractivity contribution in [2.45, 2.75) is 17.7 Å². The van der Waals surface area contributed by atoms with Crippen molar-refractivity contribution in [1.29, 1.82) is 0 Å². The Hall–Kier alpha value is -0.480. The number of carboxylic acid groups (broad SMARTS) is 1. The number of hydrogen-bond donors (Lipinski definition) is 1. The summed E-state index contributed by atoms with van der Waals surface area (Å²) in [6.07, 6.45) is 1.94. The lowest BCUT2D eigenvalue weighted by Gasteiger charge is -2.13. The molecule has 0 fully saturated rings. The fourth-order valence-electron chi connectivity index (χ4n) is 1.24. The molecule has 0 saturated carbocycles. The first kappa shape index (κ1) is 11.6. The number of thioether (sulfide) groups is 1. The van der Waals surface area contributed by atoms with Gasteiger partial charge in [-0.1, -0.05) is 22.0 Å². The van der Waals surface area contributed by atoms with E-state index in [1.54, 1.807) is 18.7 Å². The van der Waals surface area contributed by atoms with Crippen LogP contribution in [0.2, 0.25) is 0 Å². The van der Waals surface area contributed by atoms with Crippen LogP contribution in [0.3, 0.4) is 0 Å². The predicted molar refractivity (Wildman–Crippen MR) is 62.0 cm³/mol. The Morgan fingerprint density at radius 3 is 2.71 bits per heavy atom. The topological polar surface area (TPSA) is 37.3 Å². The molecule has 0 bridgehead atoms. The molecule has 4 heteroatoms. The van der Waals surface area contributed by atoms with Gasteiger partial charge in [0.2, 0.25) is 0 Å². The van der Waals surface area contributed by atoms with E-state index < -0.39 is 11.9 Å². The second kappa shape index (κ2) is 4.84. The summed E-state index contributed by atoms with van der Waals surface area (Å²) < 4.78 is 0.860. The van der Waals surface area contributed by atoms with Gasteiger partial charge in [-0.15, -0.1) is 11.8 Å². The van der Waals surface area contributed by atoms with Crippen molar-refractivity contribution in [2.75, 3.05) is 6.26 Å². The number of aliphatic carboxylic acids is 1. The molecule has 0 aliphatic carbocycles. The lowest BCUT2D eigenvalue weighted by atomic mass is 10.0. The molecular weight excluding hydrogens is 264 g/mol.